The van der Waals surface area contributed by atoms with Crippen LogP contribution in [0.15, 0.2) is 110 Å². The second-order valence-corrected chi connectivity index (χ2v) is 27.6. The largest absolute Gasteiger partial charge is 0.509 e. The number of esters is 2. The van der Waals surface area contributed by atoms with E-state index in [9.17, 15) is 33.7 Å². The molecule has 0 spiro atoms. The van der Waals surface area contributed by atoms with Crippen molar-refractivity contribution in [2.75, 3.05) is 24.7 Å². The molecule has 496 valence electrons. The van der Waals surface area contributed by atoms with Crippen LogP contribution < -0.4 is 30.7 Å². The standard InChI is InChI=1S/C30H35N6O9P.C29H37N6O8P.2CH4/c1-16(28(37)40-13-30(3,4)5)35-46(39,45-20-12-8-10-18-9-6-7-11-19(18)20)44-17(2)22-23-24(43-29(38)42-23)27(41-22)36-15-34-21-25(31)32-14-33-26(21)36;1-16(28(38)40-13-29(3,4)5)34-44(39,43-20-12-8-10-18-9-6-7-11-19(18)20)42-17(2)24-22(36)23(37)27(41-24)35-15-33-21-25(30)31-14-32-26(21)35;;/h6-12,14-17,22-24,27H,13H2,1-5H3,(H,35,39)(H2,31,32,33);6-12,14-17,22-24,27,36-37H,13H2,1-5H3,(H,34,39)(H2,30,31,32);2*1H4/t16-,17-,22+,23+,24+,27+,46?;16-,17-,22-,23+,24+,27+,44?;;/m00../s1. The molecule has 14 atom stereocenters. The van der Waals surface area contributed by atoms with Crippen LogP contribution >= 0.6 is 15.5 Å². The van der Waals surface area contributed by atoms with E-state index in [-0.39, 0.29) is 67.7 Å². The van der Waals surface area contributed by atoms with Crippen LogP contribution in [0.1, 0.15) is 96.5 Å². The number of aliphatic hydroxyl groups excluding tert-OH is 2. The minimum Gasteiger partial charge on any atom is -0.464 e. The lowest BCUT2D eigenvalue weighted by molar-refractivity contribution is -0.148. The molecule has 11 rings (SSSR count). The summed E-state index contributed by atoms with van der Waals surface area (Å²) in [4.78, 5) is 62.8. The fourth-order valence-electron chi connectivity index (χ4n) is 10.1. The van der Waals surface area contributed by atoms with Crippen molar-refractivity contribution in [3.63, 3.8) is 0 Å². The fourth-order valence-corrected chi connectivity index (χ4v) is 13.5. The van der Waals surface area contributed by atoms with Gasteiger partial charge >= 0.3 is 33.6 Å². The second-order valence-electron chi connectivity index (χ2n) is 24.3. The van der Waals surface area contributed by atoms with Gasteiger partial charge in [-0.2, -0.15) is 10.2 Å². The van der Waals surface area contributed by atoms with Crippen molar-refractivity contribution in [3.05, 3.63) is 110 Å². The van der Waals surface area contributed by atoms with Gasteiger partial charge in [0, 0.05) is 10.8 Å². The van der Waals surface area contributed by atoms with Gasteiger partial charge in [0.05, 0.1) is 38.1 Å². The number of nitrogen functional groups attached to an aromatic ring is 2. The van der Waals surface area contributed by atoms with Gasteiger partial charge in [-0.25, -0.2) is 43.8 Å². The zero-order valence-electron chi connectivity index (χ0n) is 50.9. The third-order valence-corrected chi connectivity index (χ3v) is 18.0. The number of nitrogens with two attached hydrogens (primary N) is 2. The van der Waals surface area contributed by atoms with Gasteiger partial charge in [-0.15, -0.1) is 0 Å². The summed E-state index contributed by atoms with van der Waals surface area (Å²) in [5, 5.41) is 30.4. The number of nitrogens with one attached hydrogen (secondary N) is 2. The highest BCUT2D eigenvalue weighted by atomic mass is 31.2. The predicted octanol–water partition coefficient (Wildman–Crippen LogP) is 9.14. The van der Waals surface area contributed by atoms with Gasteiger partial charge in [-0.3, -0.25) is 27.8 Å². The molecule has 92 heavy (non-hydrogen) atoms. The van der Waals surface area contributed by atoms with Crippen LogP contribution in [-0.2, 0) is 56.2 Å². The average Bonchev–Trinajstić information content (AvgIpc) is 1.59. The Morgan fingerprint density at radius 3 is 1.47 bits per heavy atom. The minimum absolute atomic E-state index is 0. The Morgan fingerprint density at radius 2 is 1.00 bits per heavy atom. The van der Waals surface area contributed by atoms with Gasteiger partial charge in [0.1, 0.15) is 71.7 Å². The molecule has 0 radical (unpaired) electrons. The number of ether oxygens (including phenoxy) is 6. The molecule has 8 aromatic rings. The van der Waals surface area contributed by atoms with Gasteiger partial charge in [0.15, 0.2) is 47.6 Å². The topological polar surface area (TPSA) is 381 Å². The Bertz CT molecular complexity index is 4020. The van der Waals surface area contributed by atoms with Crippen molar-refractivity contribution in [1.29, 1.82) is 0 Å². The van der Waals surface area contributed by atoms with E-state index >= 15 is 0 Å². The van der Waals surface area contributed by atoms with Crippen molar-refractivity contribution in [3.8, 4) is 11.5 Å². The first-order chi connectivity index (χ1) is 42.6. The van der Waals surface area contributed by atoms with E-state index in [0.29, 0.717) is 27.5 Å². The lowest BCUT2D eigenvalue weighted by atomic mass is 9.99. The predicted molar refractivity (Wildman–Crippen MR) is 339 cm³/mol. The van der Waals surface area contributed by atoms with E-state index in [2.05, 4.69) is 40.1 Å². The highest BCUT2D eigenvalue weighted by Crippen LogP contribution is 2.52. The maximum Gasteiger partial charge on any atom is 0.509 e. The molecule has 0 saturated carbocycles. The summed E-state index contributed by atoms with van der Waals surface area (Å²) in [6.45, 7) is 17.9. The molecule has 3 fully saturated rings. The number of rotatable bonds is 20. The van der Waals surface area contributed by atoms with Gasteiger partial charge < -0.3 is 59.1 Å². The third-order valence-electron chi connectivity index (χ3n) is 14.5. The quantitative estimate of drug-likeness (QED) is 0.0235. The second kappa shape index (κ2) is 28.1. The van der Waals surface area contributed by atoms with Crippen molar-refractivity contribution >= 4 is 89.1 Å². The summed E-state index contributed by atoms with van der Waals surface area (Å²) in [5.41, 5.74) is 12.6. The number of benzene rings is 4. The Kier molecular flexibility index (Phi) is 21.4. The molecule has 31 heteroatoms. The Balaban J connectivity index is 0.000000232. The van der Waals surface area contributed by atoms with Crippen LogP contribution in [0.5, 0.6) is 11.5 Å². The zero-order valence-corrected chi connectivity index (χ0v) is 52.7. The smallest absolute Gasteiger partial charge is 0.464 e. The average molecular weight is 1320 g/mol. The van der Waals surface area contributed by atoms with Gasteiger partial charge in [0.2, 0.25) is 0 Å². The number of hydrogen-bond acceptors (Lipinski definition) is 25. The lowest BCUT2D eigenvalue weighted by Crippen LogP contribution is -2.41. The highest BCUT2D eigenvalue weighted by Gasteiger charge is 2.58. The molecule has 0 aliphatic carbocycles. The molecule has 0 bridgehead atoms. The molecule has 3 aliphatic heterocycles. The van der Waals surface area contributed by atoms with E-state index < -0.39 is 107 Å². The molecule has 0 amide bonds. The van der Waals surface area contributed by atoms with Crippen molar-refractivity contribution in [2.45, 2.75) is 157 Å². The highest BCUT2D eigenvalue weighted by molar-refractivity contribution is 7.52. The third kappa shape index (κ3) is 15.6. The SMILES string of the molecule is C.C.C[C@H](NP(=O)(Oc1cccc2ccccc12)O[C@@H](C)[C@H]1O[C@@H](n2cnc3c(N)ncnc32)[C@@H]2OC(=O)O[C@@H]21)C(=O)OCC(C)(C)C.C[C@H](NP(=O)(Oc1cccc2ccccc12)O[C@@H](C)[C@H]1O[C@@H](n2cnc3c(N)ncnc32)[C@H](O)[C@@H]1O)C(=O)OCC(C)(C)C. The van der Waals surface area contributed by atoms with E-state index in [1.54, 1.807) is 41.8 Å². The first kappa shape index (κ1) is 69.9. The first-order valence-electron chi connectivity index (χ1n) is 28.8. The normalized spacial score (nSPS) is 23.0. The number of carbonyl (C=O) groups excluding carboxylic acids is 3. The summed E-state index contributed by atoms with van der Waals surface area (Å²) in [5.74, 6) is -0.483. The van der Waals surface area contributed by atoms with Gasteiger partial charge in [0.25, 0.3) is 0 Å². The monoisotopic (exact) mass is 1310 g/mol. The Morgan fingerprint density at radius 1 is 0.587 bits per heavy atom. The molecule has 29 nitrogen and oxygen atoms in total. The van der Waals surface area contributed by atoms with Gasteiger partial charge in [-0.1, -0.05) is 129 Å². The fraction of sp³-hybridized carbons (Fsp3) is 0.459. The number of anilines is 2. The molecule has 2 unspecified atom stereocenters. The Labute approximate surface area is 531 Å². The summed E-state index contributed by atoms with van der Waals surface area (Å²) >= 11 is 0. The number of carbonyl (C=O) groups is 3. The molecule has 7 heterocycles. The van der Waals surface area contributed by atoms with Crippen LogP contribution in [0.4, 0.5) is 16.4 Å². The molecular weight excluding hydrogens is 1230 g/mol. The molecular formula is C61H80N12O17P2. The number of fused-ring (bicyclic) bond motifs is 5. The molecule has 4 aromatic heterocycles. The lowest BCUT2D eigenvalue weighted by Gasteiger charge is -2.29. The molecule has 3 saturated heterocycles. The van der Waals surface area contributed by atoms with E-state index in [1.165, 1.54) is 50.6 Å². The maximum atomic E-state index is 14.6. The van der Waals surface area contributed by atoms with Crippen LogP contribution in [-0.4, -0.2) is 141 Å². The van der Waals surface area contributed by atoms with E-state index in [0.717, 1.165) is 10.8 Å². The van der Waals surface area contributed by atoms with Crippen molar-refractivity contribution in [2.24, 2.45) is 10.8 Å². The van der Waals surface area contributed by atoms with Crippen molar-refractivity contribution in [1.82, 2.24) is 49.2 Å². The summed E-state index contributed by atoms with van der Waals surface area (Å²) < 4.78 is 90.3. The number of aliphatic hydroxyl groups is 2. The summed E-state index contributed by atoms with van der Waals surface area (Å²) in [6, 6.07) is 23.1. The molecule has 8 N–H and O–H groups in total. The van der Waals surface area contributed by atoms with Crippen LogP contribution in [0.3, 0.4) is 0 Å². The van der Waals surface area contributed by atoms with Crippen molar-refractivity contribution < 1.29 is 80.2 Å². The van der Waals surface area contributed by atoms with Gasteiger partial charge in [-0.05, 0) is 61.4 Å². The van der Waals surface area contributed by atoms with Crippen LogP contribution in [0.25, 0.3) is 43.9 Å². The molecule has 3 aliphatic rings. The minimum atomic E-state index is -4.38. The Hall–Kier alpha value is -7.95. The summed E-state index contributed by atoms with van der Waals surface area (Å²) in [6.07, 6.45) is -6.73. The maximum absolute atomic E-state index is 14.6. The number of nitrogens with zero attached hydrogens (tertiary/aromatic N) is 8. The zero-order chi connectivity index (χ0) is 64.6. The van der Waals surface area contributed by atoms with E-state index in [1.807, 2.05) is 96.1 Å². The van der Waals surface area contributed by atoms with Crippen LogP contribution in [0, 0.1) is 10.8 Å². The summed E-state index contributed by atoms with van der Waals surface area (Å²) in [7, 11) is -8.75. The molecule has 4 aromatic carbocycles. The van der Waals surface area contributed by atoms with E-state index in [4.69, 9.17) is 58.0 Å². The number of aromatic nitrogens is 8. The number of hydrogen-bond donors (Lipinski definition) is 6. The number of imidazole rings is 2. The first-order valence-corrected chi connectivity index (χ1v) is 31.9. The van der Waals surface area contributed by atoms with Crippen LogP contribution in [0.2, 0.25) is 0 Å².